The Morgan fingerprint density at radius 2 is 1.56 bits per heavy atom. The molecule has 4 aliphatic rings. The molecule has 4 bridgehead atoms. The molecule has 4 fully saturated rings. The maximum atomic E-state index is 12.1. The van der Waals surface area contributed by atoms with Crippen LogP contribution in [-0.4, -0.2) is 11.3 Å². The molecule has 0 radical (unpaired) electrons. The van der Waals surface area contributed by atoms with Gasteiger partial charge in [0.2, 0.25) is 0 Å². The van der Waals surface area contributed by atoms with E-state index in [0.29, 0.717) is 0 Å². The molecule has 0 atom stereocenters. The molecule has 4 aliphatic carbocycles. The highest BCUT2D eigenvalue weighted by atomic mass is 16.1. The van der Waals surface area contributed by atoms with Crippen molar-refractivity contribution in [2.24, 2.45) is 17.8 Å². The van der Waals surface area contributed by atoms with Gasteiger partial charge in [0.1, 0.15) is 0 Å². The molecule has 1 heterocycles. The fraction of sp³-hybridized carbons (Fsp3) is 0.435. The lowest BCUT2D eigenvalue weighted by molar-refractivity contribution is -0.00710. The van der Waals surface area contributed by atoms with Crippen LogP contribution < -0.4 is 0 Å². The molecule has 2 nitrogen and oxygen atoms in total. The van der Waals surface area contributed by atoms with E-state index in [4.69, 9.17) is 0 Å². The SMILES string of the molecule is O=Cc1c(C23CC4CC(CC(C4)C2)C3)[nH]c2c1ccc1ccccc12. The normalized spacial score (nSPS) is 33.4. The smallest absolute Gasteiger partial charge is 0.152 e. The Hall–Kier alpha value is -2.09. The first-order valence-corrected chi connectivity index (χ1v) is 9.75. The molecule has 2 aromatic carbocycles. The van der Waals surface area contributed by atoms with E-state index in [-0.39, 0.29) is 5.41 Å². The zero-order valence-corrected chi connectivity index (χ0v) is 14.4. The van der Waals surface area contributed by atoms with Gasteiger partial charge in [-0.25, -0.2) is 0 Å². The summed E-state index contributed by atoms with van der Waals surface area (Å²) in [5, 5.41) is 3.59. The van der Waals surface area contributed by atoms with E-state index in [1.54, 1.807) is 0 Å². The molecule has 7 rings (SSSR count). The van der Waals surface area contributed by atoms with Crippen molar-refractivity contribution in [1.29, 1.82) is 0 Å². The molecule has 4 saturated carbocycles. The summed E-state index contributed by atoms with van der Waals surface area (Å²) >= 11 is 0. The molecule has 2 heteroatoms. The highest BCUT2D eigenvalue weighted by molar-refractivity contribution is 6.11. The molecule has 126 valence electrons. The van der Waals surface area contributed by atoms with Gasteiger partial charge in [0.25, 0.3) is 0 Å². The highest BCUT2D eigenvalue weighted by Crippen LogP contribution is 2.61. The standard InChI is InChI=1S/C23H23NO/c25-13-20-19-6-5-17-3-1-2-4-18(17)21(19)24-22(20)23-10-14-7-15(11-23)9-16(8-14)12-23/h1-6,13-16,24H,7-12H2. The Morgan fingerprint density at radius 1 is 0.880 bits per heavy atom. The number of nitrogens with one attached hydrogen (secondary N) is 1. The molecule has 0 saturated heterocycles. The van der Waals surface area contributed by atoms with Crippen LogP contribution in [0.3, 0.4) is 0 Å². The van der Waals surface area contributed by atoms with Crippen LogP contribution >= 0.6 is 0 Å². The second kappa shape index (κ2) is 4.75. The maximum absolute atomic E-state index is 12.1. The first kappa shape index (κ1) is 14.1. The van der Waals surface area contributed by atoms with Crippen molar-refractivity contribution in [1.82, 2.24) is 4.98 Å². The summed E-state index contributed by atoms with van der Waals surface area (Å²) in [4.78, 5) is 15.9. The van der Waals surface area contributed by atoms with E-state index in [1.807, 2.05) is 0 Å². The molecular weight excluding hydrogens is 306 g/mol. The minimum absolute atomic E-state index is 0.227. The third-order valence-corrected chi connectivity index (χ3v) is 7.42. The van der Waals surface area contributed by atoms with Crippen molar-refractivity contribution in [3.63, 3.8) is 0 Å². The first-order chi connectivity index (χ1) is 12.3. The van der Waals surface area contributed by atoms with Gasteiger partial charge in [0.15, 0.2) is 6.29 Å². The molecule has 0 aliphatic heterocycles. The van der Waals surface area contributed by atoms with Crippen LogP contribution in [0.25, 0.3) is 21.7 Å². The van der Waals surface area contributed by atoms with Crippen molar-refractivity contribution in [3.05, 3.63) is 47.7 Å². The van der Waals surface area contributed by atoms with Crippen LogP contribution in [0.1, 0.15) is 54.6 Å². The van der Waals surface area contributed by atoms with Crippen LogP contribution in [0.4, 0.5) is 0 Å². The number of benzene rings is 2. The summed E-state index contributed by atoms with van der Waals surface area (Å²) in [5.74, 6) is 2.65. The predicted molar refractivity (Wildman–Crippen MR) is 101 cm³/mol. The summed E-state index contributed by atoms with van der Waals surface area (Å²) in [7, 11) is 0. The lowest BCUT2D eigenvalue weighted by Crippen LogP contribution is -2.49. The summed E-state index contributed by atoms with van der Waals surface area (Å²) in [5.41, 5.74) is 3.58. The number of carbonyl (C=O) groups is 1. The third-order valence-electron chi connectivity index (χ3n) is 7.42. The number of hydrogen-bond acceptors (Lipinski definition) is 1. The first-order valence-electron chi connectivity index (χ1n) is 9.75. The van der Waals surface area contributed by atoms with Gasteiger partial charge in [0, 0.05) is 27.4 Å². The number of carbonyl (C=O) groups excluding carboxylic acids is 1. The fourth-order valence-corrected chi connectivity index (χ4v) is 6.92. The number of hydrogen-bond donors (Lipinski definition) is 1. The molecule has 25 heavy (non-hydrogen) atoms. The molecule has 3 aromatic rings. The number of H-pyrrole nitrogens is 1. The highest BCUT2D eigenvalue weighted by Gasteiger charge is 2.53. The van der Waals surface area contributed by atoms with Crippen molar-refractivity contribution in [2.45, 2.75) is 43.9 Å². The Balaban J connectivity index is 1.63. The Morgan fingerprint density at radius 3 is 2.24 bits per heavy atom. The summed E-state index contributed by atoms with van der Waals surface area (Å²) in [6.07, 6.45) is 9.25. The number of aldehydes is 1. The molecule has 1 aromatic heterocycles. The average Bonchev–Trinajstić information content (AvgIpc) is 3.00. The van der Waals surface area contributed by atoms with Gasteiger partial charge in [0.05, 0.1) is 5.52 Å². The van der Waals surface area contributed by atoms with Gasteiger partial charge >= 0.3 is 0 Å². The summed E-state index contributed by atoms with van der Waals surface area (Å²) in [6, 6.07) is 12.8. The van der Waals surface area contributed by atoms with Crippen molar-refractivity contribution < 1.29 is 4.79 Å². The van der Waals surface area contributed by atoms with Gasteiger partial charge < -0.3 is 4.98 Å². The topological polar surface area (TPSA) is 32.9 Å². The van der Waals surface area contributed by atoms with E-state index in [9.17, 15) is 4.79 Å². The predicted octanol–water partition coefficient (Wildman–Crippen LogP) is 5.60. The number of aromatic nitrogens is 1. The van der Waals surface area contributed by atoms with Gasteiger partial charge in [-0.2, -0.15) is 0 Å². The average molecular weight is 329 g/mol. The largest absolute Gasteiger partial charge is 0.357 e. The second-order valence-electron chi connectivity index (χ2n) is 8.94. The Kier molecular flexibility index (Phi) is 2.68. The zero-order valence-electron chi connectivity index (χ0n) is 14.4. The van der Waals surface area contributed by atoms with Gasteiger partial charge in [-0.15, -0.1) is 0 Å². The summed E-state index contributed by atoms with van der Waals surface area (Å²) in [6.45, 7) is 0. The van der Waals surface area contributed by atoms with Crippen molar-refractivity contribution in [2.75, 3.05) is 0 Å². The van der Waals surface area contributed by atoms with Crippen LogP contribution in [-0.2, 0) is 5.41 Å². The van der Waals surface area contributed by atoms with Crippen LogP contribution in [0, 0.1) is 17.8 Å². The van der Waals surface area contributed by atoms with E-state index in [0.717, 1.165) is 40.5 Å². The Labute approximate surface area is 147 Å². The monoisotopic (exact) mass is 329 g/mol. The second-order valence-corrected chi connectivity index (χ2v) is 8.94. The maximum Gasteiger partial charge on any atom is 0.152 e. The molecule has 1 N–H and O–H groups in total. The van der Waals surface area contributed by atoms with Crippen LogP contribution in [0.15, 0.2) is 36.4 Å². The molecular formula is C23H23NO. The lowest BCUT2D eigenvalue weighted by atomic mass is 9.48. The van der Waals surface area contributed by atoms with Crippen LogP contribution in [0.5, 0.6) is 0 Å². The minimum Gasteiger partial charge on any atom is -0.357 e. The minimum atomic E-state index is 0.227. The van der Waals surface area contributed by atoms with E-state index < -0.39 is 0 Å². The number of aromatic amines is 1. The number of fused-ring (bicyclic) bond motifs is 3. The van der Waals surface area contributed by atoms with Crippen molar-refractivity contribution >= 4 is 28.0 Å². The van der Waals surface area contributed by atoms with E-state index in [1.165, 1.54) is 55.0 Å². The lowest BCUT2D eigenvalue weighted by Gasteiger charge is -2.56. The summed E-state index contributed by atoms with van der Waals surface area (Å²) < 4.78 is 0. The van der Waals surface area contributed by atoms with Crippen LogP contribution in [0.2, 0.25) is 0 Å². The van der Waals surface area contributed by atoms with E-state index in [2.05, 4.69) is 41.4 Å². The Bertz CT molecular complexity index is 976. The fourth-order valence-electron chi connectivity index (χ4n) is 6.92. The third kappa shape index (κ3) is 1.83. The van der Waals surface area contributed by atoms with Crippen molar-refractivity contribution in [3.8, 4) is 0 Å². The van der Waals surface area contributed by atoms with E-state index >= 15 is 0 Å². The molecule has 0 unspecified atom stereocenters. The number of rotatable bonds is 2. The zero-order chi connectivity index (χ0) is 16.6. The van der Waals surface area contributed by atoms with Gasteiger partial charge in [-0.3, -0.25) is 4.79 Å². The van der Waals surface area contributed by atoms with Gasteiger partial charge in [-0.05, 0) is 61.7 Å². The molecule has 0 spiro atoms. The van der Waals surface area contributed by atoms with Gasteiger partial charge in [-0.1, -0.05) is 36.4 Å². The quantitative estimate of drug-likeness (QED) is 0.610. The molecule has 0 amide bonds.